The van der Waals surface area contributed by atoms with Crippen LogP contribution in [-0.2, 0) is 9.13 Å². The van der Waals surface area contributed by atoms with Gasteiger partial charge in [0, 0.05) is 37.6 Å². The minimum absolute atomic E-state index is 0.0294. The van der Waals surface area contributed by atoms with Crippen molar-refractivity contribution in [1.82, 2.24) is 0 Å². The smallest absolute Gasteiger partial charge is 0.490 e. The van der Waals surface area contributed by atoms with Gasteiger partial charge in [0.25, 0.3) is 0 Å². The number of aryl methyl sites for hydroxylation is 8. The first kappa shape index (κ1) is 44.9. The molecule has 0 amide bonds. The van der Waals surface area contributed by atoms with Crippen LogP contribution in [0.4, 0.5) is 17.6 Å². The van der Waals surface area contributed by atoms with Crippen LogP contribution < -0.4 is 60.2 Å². The summed E-state index contributed by atoms with van der Waals surface area (Å²) in [6, 6.07) is 24.3. The molecule has 6 aromatic carbocycles. The van der Waals surface area contributed by atoms with E-state index < -0.39 is 49.9 Å². The Kier molecular flexibility index (Phi) is 11.3. The van der Waals surface area contributed by atoms with Crippen LogP contribution in [0, 0.1) is 55.4 Å². The average Bonchev–Trinajstić information content (AvgIpc) is 3.70. The molecule has 0 fully saturated rings. The number of fused-ring (bicyclic) bond motifs is 2. The summed E-state index contributed by atoms with van der Waals surface area (Å²) in [6.45, 7) is 17.9. The van der Waals surface area contributed by atoms with Crippen LogP contribution in [0.15, 0.2) is 84.9 Å². The van der Waals surface area contributed by atoms with E-state index in [2.05, 4.69) is 0 Å². The molecule has 6 aromatic rings. The molecule has 0 saturated heterocycles. The van der Waals surface area contributed by atoms with Crippen LogP contribution >= 0.6 is 14.3 Å². The van der Waals surface area contributed by atoms with Crippen LogP contribution in [0.25, 0.3) is 11.1 Å². The fourth-order valence-electron chi connectivity index (χ4n) is 8.98. The molecule has 0 saturated carbocycles. The predicted molar refractivity (Wildman–Crippen MR) is 243 cm³/mol. The minimum Gasteiger partial charge on any atom is -0.490 e. The Morgan fingerprint density at radius 1 is 0.438 bits per heavy atom. The molecule has 2 heterocycles. The second kappa shape index (κ2) is 16.1. The molecular formula is C50H48F4O8P2. The molecule has 0 N–H and O–H groups in total. The van der Waals surface area contributed by atoms with E-state index in [0.29, 0.717) is 21.2 Å². The molecule has 334 valence electrons. The molecular weight excluding hydrogens is 866 g/mol. The number of hydrogen-bond donors (Lipinski definition) is 0. The van der Waals surface area contributed by atoms with Crippen molar-refractivity contribution >= 4 is 46.1 Å². The Balaban J connectivity index is 1.62. The maximum atomic E-state index is 17.0. The summed E-state index contributed by atoms with van der Waals surface area (Å²) in [5, 5.41) is 1.07. The van der Waals surface area contributed by atoms with Gasteiger partial charge in [-0.1, -0.05) is 68.8 Å². The Bertz CT molecular complexity index is 2810. The minimum atomic E-state index is -4.34. The van der Waals surface area contributed by atoms with Gasteiger partial charge >= 0.3 is 12.6 Å². The molecule has 0 unspecified atom stereocenters. The monoisotopic (exact) mass is 914 g/mol. The van der Waals surface area contributed by atoms with Crippen molar-refractivity contribution in [2.75, 3.05) is 13.2 Å². The highest BCUT2D eigenvalue weighted by molar-refractivity contribution is 7.86. The van der Waals surface area contributed by atoms with E-state index >= 15 is 26.7 Å². The summed E-state index contributed by atoms with van der Waals surface area (Å²) in [5.74, 6) is -3.06. The van der Waals surface area contributed by atoms with Crippen molar-refractivity contribution in [3.05, 3.63) is 129 Å². The zero-order valence-electron chi connectivity index (χ0n) is 37.2. The van der Waals surface area contributed by atoms with Crippen molar-refractivity contribution in [2.24, 2.45) is 0 Å². The highest BCUT2D eigenvalue weighted by Crippen LogP contribution is 2.62. The molecule has 14 heteroatoms. The SMILES string of the molecule is CCOc1cc(P(=O)(c2cc(C)cc(C)c2)c2cc(C)cc(C)c2)c(-c2cc(P(=O)(c3cc(C)cc(C)c3)c3cc(C)cc(C)c3)c(OCC)c3c2OC(F)(F)O3)c2c1OC(F)(F)O2. The highest BCUT2D eigenvalue weighted by Gasteiger charge is 2.53. The van der Waals surface area contributed by atoms with E-state index in [1.807, 2.05) is 79.7 Å². The first-order valence-corrected chi connectivity index (χ1v) is 24.2. The Morgan fingerprint density at radius 2 is 0.781 bits per heavy atom. The molecule has 8 nitrogen and oxygen atoms in total. The Labute approximate surface area is 370 Å². The van der Waals surface area contributed by atoms with Crippen LogP contribution in [0.1, 0.15) is 58.4 Å². The maximum absolute atomic E-state index is 17.0. The summed E-state index contributed by atoms with van der Waals surface area (Å²) in [4.78, 5) is 0. The van der Waals surface area contributed by atoms with Crippen molar-refractivity contribution in [3.8, 4) is 45.6 Å². The third-order valence-electron chi connectivity index (χ3n) is 11.1. The molecule has 0 radical (unpaired) electrons. The second-order valence-corrected chi connectivity index (χ2v) is 22.1. The third-order valence-corrected chi connectivity index (χ3v) is 17.0. The number of halogens is 4. The zero-order chi connectivity index (χ0) is 46.3. The molecule has 2 aliphatic heterocycles. The normalized spacial score (nSPS) is 14.8. The molecule has 0 spiro atoms. The summed E-state index contributed by atoms with van der Waals surface area (Å²) in [6.07, 6.45) is -8.62. The van der Waals surface area contributed by atoms with Crippen LogP contribution in [0.5, 0.6) is 34.5 Å². The van der Waals surface area contributed by atoms with Crippen LogP contribution in [0.2, 0.25) is 0 Å². The fourth-order valence-corrected chi connectivity index (χ4v) is 15.4. The van der Waals surface area contributed by atoms with Gasteiger partial charge in [0.1, 0.15) is 0 Å². The molecule has 8 rings (SSSR count). The van der Waals surface area contributed by atoms with Crippen LogP contribution in [-0.4, -0.2) is 25.8 Å². The summed E-state index contributed by atoms with van der Waals surface area (Å²) in [5.41, 5.74) is 5.39. The number of ether oxygens (including phenoxy) is 6. The van der Waals surface area contributed by atoms with Gasteiger partial charge in [0.2, 0.25) is 11.5 Å². The third kappa shape index (κ3) is 7.83. The van der Waals surface area contributed by atoms with Crippen molar-refractivity contribution in [3.63, 3.8) is 0 Å². The number of benzene rings is 6. The van der Waals surface area contributed by atoms with Gasteiger partial charge in [-0.2, -0.15) is 0 Å². The lowest BCUT2D eigenvalue weighted by molar-refractivity contribution is -0.288. The van der Waals surface area contributed by atoms with Gasteiger partial charge < -0.3 is 37.6 Å². The highest BCUT2D eigenvalue weighted by atomic mass is 31.2. The maximum Gasteiger partial charge on any atom is 0.586 e. The fraction of sp³-hybridized carbons (Fsp3) is 0.280. The predicted octanol–water partition coefficient (Wildman–Crippen LogP) is 10.5. The largest absolute Gasteiger partial charge is 0.586 e. The van der Waals surface area contributed by atoms with Crippen molar-refractivity contribution in [2.45, 2.75) is 81.8 Å². The number of rotatable bonds is 11. The first-order valence-electron chi connectivity index (χ1n) is 20.8. The lowest BCUT2D eigenvalue weighted by atomic mass is 10.0. The number of alkyl halides is 4. The van der Waals surface area contributed by atoms with Gasteiger partial charge in [0.05, 0.1) is 18.5 Å². The van der Waals surface area contributed by atoms with Gasteiger partial charge in [-0.3, -0.25) is 0 Å². The second-order valence-electron chi connectivity index (χ2n) is 16.7. The van der Waals surface area contributed by atoms with Crippen molar-refractivity contribution < 1.29 is 55.1 Å². The topological polar surface area (TPSA) is 89.5 Å². The first-order chi connectivity index (χ1) is 30.1. The zero-order valence-corrected chi connectivity index (χ0v) is 39.0. The van der Waals surface area contributed by atoms with Gasteiger partial charge in [-0.05, 0) is 130 Å². The molecule has 2 aliphatic rings. The molecule has 0 bridgehead atoms. The lowest BCUT2D eigenvalue weighted by Crippen LogP contribution is -2.29. The van der Waals surface area contributed by atoms with Crippen LogP contribution in [0.3, 0.4) is 0 Å². The summed E-state index contributed by atoms with van der Waals surface area (Å²) in [7, 11) is -8.59. The van der Waals surface area contributed by atoms with E-state index in [1.54, 1.807) is 62.4 Å². The molecule has 0 aliphatic carbocycles. The van der Waals surface area contributed by atoms with E-state index in [0.717, 1.165) is 44.5 Å². The van der Waals surface area contributed by atoms with Crippen molar-refractivity contribution in [1.29, 1.82) is 0 Å². The summed E-state index contributed by atoms with van der Waals surface area (Å²) >= 11 is 0. The lowest BCUT2D eigenvalue weighted by Gasteiger charge is -2.28. The average molecular weight is 915 g/mol. The molecule has 64 heavy (non-hydrogen) atoms. The van der Waals surface area contributed by atoms with Gasteiger partial charge in [-0.25, -0.2) is 0 Å². The van der Waals surface area contributed by atoms with Gasteiger partial charge in [-0.15, -0.1) is 17.6 Å². The van der Waals surface area contributed by atoms with Gasteiger partial charge in [0.15, 0.2) is 37.3 Å². The number of hydrogen-bond acceptors (Lipinski definition) is 8. The summed E-state index contributed by atoms with van der Waals surface area (Å²) < 4.78 is 130. The Morgan fingerprint density at radius 3 is 1.17 bits per heavy atom. The molecule has 0 aromatic heterocycles. The Hall–Kier alpha value is -5.70. The van der Waals surface area contributed by atoms with E-state index in [4.69, 9.17) is 28.4 Å². The van der Waals surface area contributed by atoms with E-state index in [-0.39, 0.29) is 46.4 Å². The van der Waals surface area contributed by atoms with E-state index in [1.165, 1.54) is 12.1 Å². The van der Waals surface area contributed by atoms with E-state index in [9.17, 15) is 0 Å². The quantitative estimate of drug-likeness (QED) is 0.0938. The molecule has 0 atom stereocenters. The standard InChI is InChI=1S/C50H48F4O8P2/c1-11-57-40-26-41(63(55,35-17-27(3)13-28(4)18-35)36-19-29(5)14-30(6)20-36)43(47-45(40)60-50(53,54)61-47)39-25-42(46(58-12-2)48-44(39)59-49(51,52)62-48)64(56,37-21-31(7)15-32(8)22-37)38-23-33(9)16-34(10)24-38/h13-26H,11-12H2,1-10H3.